The molecule has 2 fully saturated rings. The van der Waals surface area contributed by atoms with E-state index in [2.05, 4.69) is 11.2 Å². The molecule has 4 nitrogen and oxygen atoms in total. The highest BCUT2D eigenvalue weighted by Crippen LogP contribution is 2.58. The average molecular weight is 292 g/mol. The Morgan fingerprint density at radius 3 is 2.95 bits per heavy atom. The molecule has 1 saturated carbocycles. The molecule has 0 unspecified atom stereocenters. The molecule has 3 aliphatic rings. The third-order valence-corrected chi connectivity index (χ3v) is 7.76. The van der Waals surface area contributed by atoms with Crippen LogP contribution in [0.4, 0.5) is 5.82 Å². The predicted molar refractivity (Wildman–Crippen MR) is 81.6 cm³/mol. The van der Waals surface area contributed by atoms with Gasteiger partial charge in [0.2, 0.25) is 5.91 Å². The van der Waals surface area contributed by atoms with Crippen molar-refractivity contribution in [3.05, 3.63) is 23.9 Å². The van der Waals surface area contributed by atoms with Gasteiger partial charge < -0.3 is 4.74 Å². The quantitative estimate of drug-likeness (QED) is 0.615. The van der Waals surface area contributed by atoms with Crippen LogP contribution in [0.25, 0.3) is 0 Å². The number of nitrogens with zero attached hydrogens (tertiary/aromatic N) is 2. The number of carbonyl (C=O) groups is 1. The van der Waals surface area contributed by atoms with Gasteiger partial charge in [-0.25, -0.2) is 15.0 Å². The average Bonchev–Trinajstić information content (AvgIpc) is 3.35. The van der Waals surface area contributed by atoms with E-state index in [1.807, 2.05) is 12.1 Å². The van der Waals surface area contributed by atoms with Gasteiger partial charge in [0, 0.05) is 17.5 Å². The maximum Gasteiger partial charge on any atom is 0.240 e. The summed E-state index contributed by atoms with van der Waals surface area (Å²) < 4.78 is 5.77. The molecule has 1 aliphatic carbocycles. The monoisotopic (exact) mass is 292 g/mol. The Labute approximate surface area is 120 Å². The number of hydrogen-bond acceptors (Lipinski definition) is 3. The Hall–Kier alpha value is -1.07. The number of rotatable bonds is 5. The Bertz CT molecular complexity index is 567. The molecule has 5 heteroatoms. The molecule has 1 spiro atoms. The molecule has 1 amide bonds. The van der Waals surface area contributed by atoms with Crippen LogP contribution in [0.3, 0.4) is 0 Å². The van der Waals surface area contributed by atoms with Crippen LogP contribution in [0.5, 0.6) is 0 Å². The topological polar surface area (TPSA) is 42.4 Å². The molecular formula is C15H20N2O2S. The predicted octanol–water partition coefficient (Wildman–Crippen LogP) is 1.88. The van der Waals surface area contributed by atoms with Crippen molar-refractivity contribution in [2.75, 3.05) is 41.8 Å². The van der Waals surface area contributed by atoms with Gasteiger partial charge in [0.15, 0.2) is 0 Å². The van der Waals surface area contributed by atoms with E-state index in [9.17, 15) is 4.79 Å². The van der Waals surface area contributed by atoms with Gasteiger partial charge in [-0.2, -0.15) is 0 Å². The van der Waals surface area contributed by atoms with Crippen LogP contribution >= 0.6 is 10.0 Å². The molecule has 20 heavy (non-hydrogen) atoms. The summed E-state index contributed by atoms with van der Waals surface area (Å²) in [4.78, 5) is 18.7. The first-order chi connectivity index (χ1) is 9.65. The summed E-state index contributed by atoms with van der Waals surface area (Å²) in [6.45, 7) is 1.13. The summed E-state index contributed by atoms with van der Waals surface area (Å²) >= 11 is 0. The molecule has 4 rings (SSSR count). The number of pyridine rings is 1. The minimum atomic E-state index is -0.298. The zero-order valence-corrected chi connectivity index (χ0v) is 12.6. The van der Waals surface area contributed by atoms with Gasteiger partial charge in [-0.15, -0.1) is 0 Å². The fourth-order valence-electron chi connectivity index (χ4n) is 2.95. The molecule has 1 aromatic rings. The van der Waals surface area contributed by atoms with Gasteiger partial charge >= 0.3 is 0 Å². The largest absolute Gasteiger partial charge is 0.360 e. The van der Waals surface area contributed by atoms with Crippen molar-refractivity contribution in [3.8, 4) is 0 Å². The van der Waals surface area contributed by atoms with E-state index >= 15 is 0 Å². The minimum absolute atomic E-state index is 0.191. The summed E-state index contributed by atoms with van der Waals surface area (Å²) in [5.74, 6) is 4.98. The molecule has 0 radical (unpaired) electrons. The molecule has 3 heterocycles. The van der Waals surface area contributed by atoms with Crippen LogP contribution in [-0.4, -0.2) is 47.7 Å². The SMILES string of the molecule is CS1(CCOCN2C(=O)C3(CC3)c3cccnc32)CC1. The minimum Gasteiger partial charge on any atom is -0.360 e. The van der Waals surface area contributed by atoms with Gasteiger partial charge in [-0.05, 0) is 36.7 Å². The molecule has 0 bridgehead atoms. The third kappa shape index (κ3) is 1.87. The van der Waals surface area contributed by atoms with E-state index in [-0.39, 0.29) is 21.4 Å². The first-order valence-corrected chi connectivity index (χ1v) is 9.76. The number of fused-ring (bicyclic) bond motifs is 2. The number of aromatic nitrogens is 1. The van der Waals surface area contributed by atoms with E-state index in [4.69, 9.17) is 4.74 Å². The summed E-state index contributed by atoms with van der Waals surface area (Å²) in [6.07, 6.45) is 6.07. The lowest BCUT2D eigenvalue weighted by molar-refractivity contribution is -0.121. The first-order valence-electron chi connectivity index (χ1n) is 7.21. The lowest BCUT2D eigenvalue weighted by atomic mass is 10.00. The van der Waals surface area contributed by atoms with Crippen LogP contribution in [0.1, 0.15) is 18.4 Å². The van der Waals surface area contributed by atoms with Gasteiger partial charge in [0.25, 0.3) is 0 Å². The van der Waals surface area contributed by atoms with E-state index in [0.29, 0.717) is 6.73 Å². The standard InChI is InChI=1S/C15H20N2O2S/c1-20(9-10-20)8-7-19-11-17-13-12(3-2-6-16-13)15(4-5-15)14(17)18/h2-3,6H,4-5,7-11H2,1H3. The van der Waals surface area contributed by atoms with Crippen LogP contribution in [-0.2, 0) is 14.9 Å². The van der Waals surface area contributed by atoms with Crippen molar-refractivity contribution < 1.29 is 9.53 Å². The highest BCUT2D eigenvalue weighted by molar-refractivity contribution is 8.38. The Morgan fingerprint density at radius 1 is 1.45 bits per heavy atom. The number of hydrogen-bond donors (Lipinski definition) is 0. The summed E-state index contributed by atoms with van der Waals surface area (Å²) in [6, 6.07) is 3.97. The molecule has 0 aromatic carbocycles. The van der Waals surface area contributed by atoms with Gasteiger partial charge in [-0.1, -0.05) is 6.07 Å². The number of anilines is 1. The molecule has 1 saturated heterocycles. The molecule has 0 atom stereocenters. The fourth-order valence-corrected chi connectivity index (χ4v) is 5.01. The molecule has 108 valence electrons. The molecular weight excluding hydrogens is 272 g/mol. The van der Waals surface area contributed by atoms with E-state index < -0.39 is 0 Å². The maximum atomic E-state index is 12.6. The Kier molecular flexibility index (Phi) is 2.67. The summed E-state index contributed by atoms with van der Waals surface area (Å²) in [5, 5.41) is 0. The lowest BCUT2D eigenvalue weighted by Gasteiger charge is -2.19. The van der Waals surface area contributed by atoms with Crippen molar-refractivity contribution in [1.82, 2.24) is 4.98 Å². The third-order valence-electron chi connectivity index (χ3n) is 4.80. The summed E-state index contributed by atoms with van der Waals surface area (Å²) in [7, 11) is -0.298. The van der Waals surface area contributed by atoms with Crippen molar-refractivity contribution in [2.24, 2.45) is 0 Å². The van der Waals surface area contributed by atoms with Crippen LogP contribution < -0.4 is 4.90 Å². The fraction of sp³-hybridized carbons (Fsp3) is 0.600. The second-order valence-corrected chi connectivity index (χ2v) is 10.5. The highest BCUT2D eigenvalue weighted by Gasteiger charge is 2.59. The molecule has 2 aliphatic heterocycles. The Balaban J connectivity index is 1.44. The highest BCUT2D eigenvalue weighted by atomic mass is 32.3. The van der Waals surface area contributed by atoms with E-state index in [1.54, 1.807) is 11.1 Å². The van der Waals surface area contributed by atoms with Crippen molar-refractivity contribution in [1.29, 1.82) is 0 Å². The first kappa shape index (κ1) is 12.7. The number of ether oxygens (including phenoxy) is 1. The van der Waals surface area contributed by atoms with Crippen molar-refractivity contribution >= 4 is 21.8 Å². The van der Waals surface area contributed by atoms with E-state index in [0.717, 1.165) is 30.8 Å². The van der Waals surface area contributed by atoms with Crippen LogP contribution in [0, 0.1) is 0 Å². The smallest absolute Gasteiger partial charge is 0.240 e. The number of carbonyl (C=O) groups excluding carboxylic acids is 1. The van der Waals surface area contributed by atoms with Gasteiger partial charge in [0.1, 0.15) is 12.5 Å². The van der Waals surface area contributed by atoms with Crippen LogP contribution in [0.2, 0.25) is 0 Å². The van der Waals surface area contributed by atoms with E-state index in [1.165, 1.54) is 17.3 Å². The molecule has 1 aromatic heterocycles. The van der Waals surface area contributed by atoms with Crippen molar-refractivity contribution in [2.45, 2.75) is 18.3 Å². The van der Waals surface area contributed by atoms with Crippen LogP contribution in [0.15, 0.2) is 18.3 Å². The second kappa shape index (κ2) is 4.21. The zero-order chi connectivity index (χ0) is 13.8. The van der Waals surface area contributed by atoms with Gasteiger partial charge in [-0.3, -0.25) is 9.69 Å². The Morgan fingerprint density at radius 2 is 2.25 bits per heavy atom. The molecule has 0 N–H and O–H groups in total. The maximum absolute atomic E-state index is 12.6. The normalized spacial score (nSPS) is 25.6. The second-order valence-electron chi connectivity index (χ2n) is 6.32. The summed E-state index contributed by atoms with van der Waals surface area (Å²) in [5.41, 5.74) is 0.856. The van der Waals surface area contributed by atoms with Gasteiger partial charge in [0.05, 0.1) is 12.0 Å². The van der Waals surface area contributed by atoms with Crippen molar-refractivity contribution in [3.63, 3.8) is 0 Å². The lowest BCUT2D eigenvalue weighted by Crippen LogP contribution is -2.34. The number of amides is 1. The zero-order valence-electron chi connectivity index (χ0n) is 11.8.